The highest BCUT2D eigenvalue weighted by atomic mass is 35.5. The van der Waals surface area contributed by atoms with Gasteiger partial charge in [0.25, 0.3) is 6.43 Å². The Morgan fingerprint density at radius 2 is 2.29 bits per heavy atom. The minimum Gasteiger partial charge on any atom is -0.392 e. The largest absolute Gasteiger partial charge is 0.392 e. The average Bonchev–Trinajstić information content (AvgIpc) is 2.16. The first-order valence-corrected chi connectivity index (χ1v) is 3.96. The molecule has 1 N–H and O–H groups in total. The van der Waals surface area contributed by atoms with Crippen molar-refractivity contribution in [3.8, 4) is 6.07 Å². The minimum absolute atomic E-state index is 0.141. The topological polar surface area (TPSA) is 56.9 Å². The first-order chi connectivity index (χ1) is 6.61. The van der Waals surface area contributed by atoms with Gasteiger partial charge in [-0.3, -0.25) is 4.98 Å². The Labute approximate surface area is 83.6 Å². The summed E-state index contributed by atoms with van der Waals surface area (Å²) in [5, 5.41) is 17.0. The summed E-state index contributed by atoms with van der Waals surface area (Å²) in [5.41, 5.74) is -0.651. The second-order valence-electron chi connectivity index (χ2n) is 2.43. The summed E-state index contributed by atoms with van der Waals surface area (Å²) in [5.74, 6) is 0. The molecule has 1 heterocycles. The van der Waals surface area contributed by atoms with Gasteiger partial charge in [-0.2, -0.15) is 5.26 Å². The Kier molecular flexibility index (Phi) is 3.33. The molecular formula is C8H5ClF2N2O. The number of nitriles is 1. The van der Waals surface area contributed by atoms with Gasteiger partial charge in [0, 0.05) is 11.8 Å². The lowest BCUT2D eigenvalue weighted by atomic mass is 10.1. The van der Waals surface area contributed by atoms with E-state index in [2.05, 4.69) is 4.98 Å². The summed E-state index contributed by atoms with van der Waals surface area (Å²) in [6.07, 6.45) is -1.81. The summed E-state index contributed by atoms with van der Waals surface area (Å²) in [6.45, 7) is -0.459. The highest BCUT2D eigenvalue weighted by Gasteiger charge is 2.18. The Hall–Kier alpha value is -1.25. The number of pyridine rings is 1. The minimum atomic E-state index is -2.83. The van der Waals surface area contributed by atoms with E-state index in [1.165, 1.54) is 0 Å². The van der Waals surface area contributed by atoms with Gasteiger partial charge in [0.05, 0.1) is 17.2 Å². The normalized spacial score (nSPS) is 10.3. The summed E-state index contributed by atoms with van der Waals surface area (Å²) in [4.78, 5) is 3.36. The van der Waals surface area contributed by atoms with Crippen molar-refractivity contribution < 1.29 is 13.9 Å². The molecule has 0 saturated carbocycles. The molecule has 0 aromatic carbocycles. The van der Waals surface area contributed by atoms with Crippen molar-refractivity contribution in [1.82, 2.24) is 4.98 Å². The van der Waals surface area contributed by atoms with Crippen LogP contribution in [0.3, 0.4) is 0 Å². The molecule has 0 fully saturated rings. The molecule has 0 amide bonds. The van der Waals surface area contributed by atoms with Crippen molar-refractivity contribution in [3.63, 3.8) is 0 Å². The molecule has 1 aromatic heterocycles. The smallest absolute Gasteiger partial charge is 0.281 e. The highest BCUT2D eigenvalue weighted by molar-refractivity contribution is 6.32. The molecule has 0 bridgehead atoms. The number of rotatable bonds is 2. The quantitative estimate of drug-likeness (QED) is 0.826. The van der Waals surface area contributed by atoms with Gasteiger partial charge >= 0.3 is 0 Å². The first-order valence-electron chi connectivity index (χ1n) is 3.58. The molecule has 0 aliphatic heterocycles. The van der Waals surface area contributed by atoms with Gasteiger partial charge in [0.15, 0.2) is 0 Å². The van der Waals surface area contributed by atoms with E-state index >= 15 is 0 Å². The van der Waals surface area contributed by atoms with E-state index in [-0.39, 0.29) is 11.1 Å². The molecule has 6 heteroatoms. The van der Waals surface area contributed by atoms with Crippen LogP contribution >= 0.6 is 11.6 Å². The molecule has 0 aliphatic carbocycles. The molecule has 3 nitrogen and oxygen atoms in total. The van der Waals surface area contributed by atoms with Crippen LogP contribution in [0.4, 0.5) is 8.78 Å². The lowest BCUT2D eigenvalue weighted by Gasteiger charge is -2.06. The first kappa shape index (κ1) is 10.8. The molecule has 1 rings (SSSR count). The van der Waals surface area contributed by atoms with Crippen molar-refractivity contribution in [1.29, 1.82) is 5.26 Å². The van der Waals surface area contributed by atoms with Crippen LogP contribution in [0, 0.1) is 11.3 Å². The van der Waals surface area contributed by atoms with Crippen LogP contribution in [0.5, 0.6) is 0 Å². The Balaban J connectivity index is 3.37. The summed E-state index contributed by atoms with van der Waals surface area (Å²) in [7, 11) is 0. The molecule has 0 saturated heterocycles. The maximum atomic E-state index is 12.3. The number of hydrogen-bond donors (Lipinski definition) is 1. The average molecular weight is 219 g/mol. The monoisotopic (exact) mass is 218 g/mol. The maximum absolute atomic E-state index is 12.3. The zero-order valence-corrected chi connectivity index (χ0v) is 7.59. The molecule has 0 aliphatic rings. The van der Waals surface area contributed by atoms with Crippen LogP contribution in [-0.4, -0.2) is 10.1 Å². The van der Waals surface area contributed by atoms with Gasteiger partial charge in [0.2, 0.25) is 0 Å². The van der Waals surface area contributed by atoms with Crippen LogP contribution in [0.15, 0.2) is 6.20 Å². The number of hydrogen-bond acceptors (Lipinski definition) is 3. The molecule has 74 valence electrons. The lowest BCUT2D eigenvalue weighted by molar-refractivity contribution is 0.146. The molecule has 1 aromatic rings. The molecule has 14 heavy (non-hydrogen) atoms. The van der Waals surface area contributed by atoms with Crippen molar-refractivity contribution in [3.05, 3.63) is 28.0 Å². The Morgan fingerprint density at radius 1 is 1.64 bits per heavy atom. The fourth-order valence-corrected chi connectivity index (χ4v) is 1.23. The number of halogens is 3. The zero-order chi connectivity index (χ0) is 10.7. The molecule has 0 spiro atoms. The number of nitrogens with zero attached hydrogens (tertiary/aromatic N) is 2. The second kappa shape index (κ2) is 4.31. The van der Waals surface area contributed by atoms with E-state index in [0.29, 0.717) is 0 Å². The Bertz CT molecular complexity index is 390. The van der Waals surface area contributed by atoms with Crippen molar-refractivity contribution >= 4 is 11.6 Å². The highest BCUT2D eigenvalue weighted by Crippen LogP contribution is 2.29. The number of aromatic nitrogens is 1. The van der Waals surface area contributed by atoms with Gasteiger partial charge in [0.1, 0.15) is 11.8 Å². The molecular weight excluding hydrogens is 214 g/mol. The number of aliphatic hydroxyl groups is 1. The second-order valence-corrected chi connectivity index (χ2v) is 2.81. The summed E-state index contributed by atoms with van der Waals surface area (Å²) in [6, 6.07) is 1.64. The van der Waals surface area contributed by atoms with Gasteiger partial charge in [-0.15, -0.1) is 0 Å². The van der Waals surface area contributed by atoms with Gasteiger partial charge in [-0.1, -0.05) is 11.6 Å². The van der Waals surface area contributed by atoms with Crippen molar-refractivity contribution in [2.45, 2.75) is 13.0 Å². The standard InChI is InChI=1S/C8H5ClF2N2O/c9-6-5(1-12)4(3-14)2-13-7(6)8(10)11/h2,8,14H,3H2. The third kappa shape index (κ3) is 1.81. The van der Waals surface area contributed by atoms with Crippen LogP contribution in [-0.2, 0) is 6.61 Å². The van der Waals surface area contributed by atoms with Crippen molar-refractivity contribution in [2.24, 2.45) is 0 Å². The van der Waals surface area contributed by atoms with Crippen LogP contribution in [0.2, 0.25) is 5.02 Å². The third-order valence-corrected chi connectivity index (χ3v) is 2.00. The predicted molar refractivity (Wildman–Crippen MR) is 44.8 cm³/mol. The van der Waals surface area contributed by atoms with Gasteiger partial charge < -0.3 is 5.11 Å². The van der Waals surface area contributed by atoms with Crippen LogP contribution in [0.1, 0.15) is 23.2 Å². The molecule has 0 unspecified atom stereocenters. The van der Waals surface area contributed by atoms with E-state index in [1.54, 1.807) is 6.07 Å². The zero-order valence-electron chi connectivity index (χ0n) is 6.84. The van der Waals surface area contributed by atoms with E-state index in [1.807, 2.05) is 0 Å². The van der Waals surface area contributed by atoms with E-state index in [4.69, 9.17) is 22.0 Å². The van der Waals surface area contributed by atoms with Crippen LogP contribution < -0.4 is 0 Å². The van der Waals surface area contributed by atoms with E-state index in [9.17, 15) is 8.78 Å². The summed E-state index contributed by atoms with van der Waals surface area (Å²) >= 11 is 5.51. The van der Waals surface area contributed by atoms with E-state index < -0.39 is 23.7 Å². The predicted octanol–water partition coefficient (Wildman–Crippen LogP) is 2.04. The molecule has 0 radical (unpaired) electrons. The maximum Gasteiger partial charge on any atom is 0.281 e. The van der Waals surface area contributed by atoms with Crippen molar-refractivity contribution in [2.75, 3.05) is 0 Å². The van der Waals surface area contributed by atoms with Gasteiger partial charge in [-0.05, 0) is 0 Å². The lowest BCUT2D eigenvalue weighted by Crippen LogP contribution is -1.99. The molecule has 0 atom stereocenters. The number of aliphatic hydroxyl groups excluding tert-OH is 1. The SMILES string of the molecule is N#Cc1c(CO)cnc(C(F)F)c1Cl. The van der Waals surface area contributed by atoms with Crippen LogP contribution in [0.25, 0.3) is 0 Å². The fourth-order valence-electron chi connectivity index (χ4n) is 0.931. The fraction of sp³-hybridized carbons (Fsp3) is 0.250. The number of alkyl halides is 2. The van der Waals surface area contributed by atoms with Gasteiger partial charge in [-0.25, -0.2) is 8.78 Å². The Morgan fingerprint density at radius 3 is 2.71 bits per heavy atom. The van der Waals surface area contributed by atoms with E-state index in [0.717, 1.165) is 6.20 Å². The third-order valence-electron chi connectivity index (χ3n) is 1.61. The summed E-state index contributed by atoms with van der Waals surface area (Å²) < 4.78 is 24.5.